The van der Waals surface area contributed by atoms with E-state index in [2.05, 4.69) is 10.6 Å². The van der Waals surface area contributed by atoms with Gasteiger partial charge in [0.2, 0.25) is 11.8 Å². The highest BCUT2D eigenvalue weighted by Gasteiger charge is 2.30. The molecule has 0 saturated heterocycles. The first-order valence-electron chi connectivity index (χ1n) is 8.98. The lowest BCUT2D eigenvalue weighted by Gasteiger charge is -2.28. The molecule has 29 heavy (non-hydrogen) atoms. The van der Waals surface area contributed by atoms with E-state index in [1.807, 2.05) is 0 Å². The highest BCUT2D eigenvalue weighted by atomic mass is 19.4. The zero-order valence-electron chi connectivity index (χ0n) is 15.6. The number of para-hydroxylation sites is 4. The predicted molar refractivity (Wildman–Crippen MR) is 103 cm³/mol. The number of anilines is 3. The van der Waals surface area contributed by atoms with Crippen LogP contribution in [0.2, 0.25) is 0 Å². The van der Waals surface area contributed by atoms with Gasteiger partial charge in [0.15, 0.2) is 6.61 Å². The van der Waals surface area contributed by atoms with Crippen molar-refractivity contribution < 1.29 is 27.5 Å². The summed E-state index contributed by atoms with van der Waals surface area (Å²) in [6.07, 6.45) is -4.33. The van der Waals surface area contributed by atoms with E-state index < -0.39 is 12.8 Å². The Balaban J connectivity index is 1.75. The smallest absolute Gasteiger partial charge is 0.422 e. The first kappa shape index (κ1) is 20.5. The molecular weight excluding hydrogens is 387 g/mol. The summed E-state index contributed by atoms with van der Waals surface area (Å²) in [6, 6.07) is 12.7. The monoisotopic (exact) mass is 407 g/mol. The van der Waals surface area contributed by atoms with Crippen molar-refractivity contribution in [2.75, 3.05) is 28.7 Å². The molecule has 1 aliphatic heterocycles. The van der Waals surface area contributed by atoms with Crippen LogP contribution in [0.25, 0.3) is 0 Å². The summed E-state index contributed by atoms with van der Waals surface area (Å²) in [5, 5.41) is 5.61. The minimum Gasteiger partial charge on any atom is -0.482 e. The maximum atomic E-state index is 12.9. The third-order valence-electron chi connectivity index (χ3n) is 4.34. The highest BCUT2D eigenvalue weighted by Crippen LogP contribution is 2.32. The van der Waals surface area contributed by atoms with E-state index >= 15 is 0 Å². The Labute approximate surface area is 165 Å². The number of fused-ring (bicyclic) bond motifs is 1. The lowest BCUT2D eigenvalue weighted by Crippen LogP contribution is -2.42. The Morgan fingerprint density at radius 3 is 2.66 bits per heavy atom. The number of ether oxygens (including phenoxy) is 1. The van der Waals surface area contributed by atoms with Crippen molar-refractivity contribution in [2.24, 2.45) is 0 Å². The molecule has 154 valence electrons. The molecule has 0 saturated carbocycles. The first-order chi connectivity index (χ1) is 13.7. The van der Waals surface area contributed by atoms with Crippen LogP contribution >= 0.6 is 0 Å². The number of hydrogen-bond donors (Lipinski definition) is 2. The summed E-state index contributed by atoms with van der Waals surface area (Å²) < 4.78 is 42.2. The van der Waals surface area contributed by atoms with Crippen LogP contribution in [-0.4, -0.2) is 37.2 Å². The molecule has 2 aromatic rings. The molecule has 0 aromatic heterocycles. The van der Waals surface area contributed by atoms with E-state index in [1.54, 1.807) is 43.3 Å². The summed E-state index contributed by atoms with van der Waals surface area (Å²) >= 11 is 0. The van der Waals surface area contributed by atoms with Crippen molar-refractivity contribution in [3.8, 4) is 5.75 Å². The number of carbonyl (C=O) groups is 2. The summed E-state index contributed by atoms with van der Waals surface area (Å²) in [5.74, 6) is -0.523. The number of benzene rings is 2. The van der Waals surface area contributed by atoms with Crippen molar-refractivity contribution in [2.45, 2.75) is 25.6 Å². The zero-order valence-corrected chi connectivity index (χ0v) is 15.6. The van der Waals surface area contributed by atoms with Crippen LogP contribution in [0.4, 0.5) is 30.2 Å². The number of halogens is 3. The van der Waals surface area contributed by atoms with Gasteiger partial charge in [-0.25, -0.2) is 0 Å². The Hall–Kier alpha value is -3.23. The number of rotatable bonds is 5. The van der Waals surface area contributed by atoms with Gasteiger partial charge in [-0.05, 0) is 31.2 Å². The predicted octanol–water partition coefficient (Wildman–Crippen LogP) is 3.80. The number of nitrogens with one attached hydrogen (secondary N) is 2. The molecule has 2 amide bonds. The minimum atomic E-state index is -4.46. The Kier molecular flexibility index (Phi) is 5.95. The molecule has 0 aliphatic carbocycles. The average Bonchev–Trinajstić information content (AvgIpc) is 2.78. The summed E-state index contributed by atoms with van der Waals surface area (Å²) in [6.45, 7) is 0.156. The lowest BCUT2D eigenvalue weighted by atomic mass is 10.1. The van der Waals surface area contributed by atoms with Gasteiger partial charge in [-0.2, -0.15) is 13.2 Å². The summed E-state index contributed by atoms with van der Waals surface area (Å²) in [4.78, 5) is 26.5. The van der Waals surface area contributed by atoms with Gasteiger partial charge in [0.1, 0.15) is 5.75 Å². The maximum absolute atomic E-state index is 12.9. The molecule has 3 rings (SSSR count). The number of alkyl halides is 3. The number of nitrogens with zero attached hydrogens (tertiary/aromatic N) is 1. The van der Waals surface area contributed by atoms with Gasteiger partial charge in [0.05, 0.1) is 23.6 Å². The average molecular weight is 407 g/mol. The molecule has 2 aromatic carbocycles. The van der Waals surface area contributed by atoms with Crippen molar-refractivity contribution >= 4 is 28.9 Å². The normalized spacial score (nSPS) is 16.5. The third kappa shape index (κ3) is 5.18. The Morgan fingerprint density at radius 1 is 1.21 bits per heavy atom. The van der Waals surface area contributed by atoms with Crippen molar-refractivity contribution in [3.63, 3.8) is 0 Å². The molecule has 6 nitrogen and oxygen atoms in total. The van der Waals surface area contributed by atoms with E-state index in [0.29, 0.717) is 11.4 Å². The Bertz CT molecular complexity index is 902. The van der Waals surface area contributed by atoms with Crippen LogP contribution in [0.15, 0.2) is 48.5 Å². The fourth-order valence-electron chi connectivity index (χ4n) is 3.12. The van der Waals surface area contributed by atoms with Gasteiger partial charge in [0, 0.05) is 12.5 Å². The van der Waals surface area contributed by atoms with Gasteiger partial charge in [0.25, 0.3) is 0 Å². The van der Waals surface area contributed by atoms with E-state index in [9.17, 15) is 22.8 Å². The second kappa shape index (κ2) is 8.42. The van der Waals surface area contributed by atoms with E-state index in [1.165, 1.54) is 17.0 Å². The van der Waals surface area contributed by atoms with Crippen LogP contribution in [0.1, 0.15) is 13.3 Å². The second-order valence-corrected chi connectivity index (χ2v) is 6.64. The molecule has 0 radical (unpaired) electrons. The van der Waals surface area contributed by atoms with Crippen LogP contribution in [0.3, 0.4) is 0 Å². The van der Waals surface area contributed by atoms with Gasteiger partial charge in [-0.3, -0.25) is 9.59 Å². The summed E-state index contributed by atoms with van der Waals surface area (Å²) in [7, 11) is 0. The van der Waals surface area contributed by atoms with Crippen molar-refractivity contribution in [3.05, 3.63) is 48.5 Å². The first-order valence-corrected chi connectivity index (χ1v) is 8.98. The minimum absolute atomic E-state index is 0.00113. The molecule has 9 heteroatoms. The van der Waals surface area contributed by atoms with E-state index in [0.717, 1.165) is 0 Å². The lowest BCUT2D eigenvalue weighted by molar-refractivity contribution is -0.153. The van der Waals surface area contributed by atoms with E-state index in [4.69, 9.17) is 4.74 Å². The number of hydrogen-bond acceptors (Lipinski definition) is 4. The quantitative estimate of drug-likeness (QED) is 0.791. The molecule has 0 bridgehead atoms. The van der Waals surface area contributed by atoms with Crippen LogP contribution in [-0.2, 0) is 9.59 Å². The van der Waals surface area contributed by atoms with Crippen LogP contribution in [0, 0.1) is 0 Å². The number of amides is 2. The highest BCUT2D eigenvalue weighted by molar-refractivity contribution is 6.05. The van der Waals surface area contributed by atoms with Crippen LogP contribution < -0.4 is 20.3 Å². The SMILES string of the molecule is CC1CC(=O)Nc2ccccc2N1C(=O)CNc1ccccc1OCC(F)(F)F. The van der Waals surface area contributed by atoms with E-state index in [-0.39, 0.29) is 42.3 Å². The maximum Gasteiger partial charge on any atom is 0.422 e. The molecule has 1 aliphatic rings. The molecule has 0 spiro atoms. The molecule has 2 N–H and O–H groups in total. The van der Waals surface area contributed by atoms with Gasteiger partial charge >= 0.3 is 6.18 Å². The number of carbonyl (C=O) groups excluding carboxylic acids is 2. The van der Waals surface area contributed by atoms with Gasteiger partial charge in [-0.1, -0.05) is 24.3 Å². The Morgan fingerprint density at radius 2 is 1.90 bits per heavy atom. The van der Waals surface area contributed by atoms with Gasteiger partial charge < -0.3 is 20.3 Å². The molecule has 0 fully saturated rings. The van der Waals surface area contributed by atoms with Gasteiger partial charge in [-0.15, -0.1) is 0 Å². The summed E-state index contributed by atoms with van der Waals surface area (Å²) in [5.41, 5.74) is 1.37. The second-order valence-electron chi connectivity index (χ2n) is 6.64. The standard InChI is InChI=1S/C20H20F3N3O3/c1-13-10-18(27)25-14-6-2-4-8-16(14)26(13)19(28)11-24-15-7-3-5-9-17(15)29-12-20(21,22)23/h2-9,13,24H,10-12H2,1H3,(H,25,27). The van der Waals surface area contributed by atoms with Crippen LogP contribution in [0.5, 0.6) is 5.75 Å². The molecule has 1 unspecified atom stereocenters. The fraction of sp³-hybridized carbons (Fsp3) is 0.300. The van der Waals surface area contributed by atoms with Crippen molar-refractivity contribution in [1.29, 1.82) is 0 Å². The molecule has 1 heterocycles. The third-order valence-corrected chi connectivity index (χ3v) is 4.34. The largest absolute Gasteiger partial charge is 0.482 e. The van der Waals surface area contributed by atoms with Crippen molar-refractivity contribution in [1.82, 2.24) is 0 Å². The zero-order chi connectivity index (χ0) is 21.0. The molecular formula is C20H20F3N3O3. The molecule has 1 atom stereocenters. The fourth-order valence-corrected chi connectivity index (χ4v) is 3.12. The topological polar surface area (TPSA) is 70.7 Å².